The molecule has 10 heteroatoms. The van der Waals surface area contributed by atoms with Crippen LogP contribution in [0.5, 0.6) is 5.75 Å². The Morgan fingerprint density at radius 2 is 2.42 bits per heavy atom. The number of hydrogen-bond acceptors (Lipinski definition) is 7. The molecule has 24 heavy (non-hydrogen) atoms. The highest BCUT2D eigenvalue weighted by Gasteiger charge is 2.29. The van der Waals surface area contributed by atoms with Gasteiger partial charge in [-0.15, -0.1) is 0 Å². The molecule has 0 bridgehead atoms. The average Bonchev–Trinajstić information content (AvgIpc) is 2.94. The lowest BCUT2D eigenvalue weighted by Crippen LogP contribution is -2.52. The lowest BCUT2D eigenvalue weighted by atomic mass is 10.1. The molecule has 0 unspecified atom stereocenters. The summed E-state index contributed by atoms with van der Waals surface area (Å²) in [5.41, 5.74) is 5.53. The van der Waals surface area contributed by atoms with Crippen LogP contribution in [0.2, 0.25) is 0 Å². The number of amides is 1. The monoisotopic (exact) mass is 336 g/mol. The highest BCUT2D eigenvalue weighted by molar-refractivity contribution is 5.76. The van der Waals surface area contributed by atoms with Gasteiger partial charge in [0.1, 0.15) is 24.2 Å². The van der Waals surface area contributed by atoms with E-state index in [1.807, 2.05) is 0 Å². The van der Waals surface area contributed by atoms with E-state index in [-0.39, 0.29) is 30.3 Å². The third-order valence-corrected chi connectivity index (χ3v) is 3.59. The Kier molecular flexibility index (Phi) is 4.85. The van der Waals surface area contributed by atoms with Gasteiger partial charge in [0, 0.05) is 12.7 Å². The second-order valence-corrected chi connectivity index (χ2v) is 5.35. The summed E-state index contributed by atoms with van der Waals surface area (Å²) in [7, 11) is 0. The van der Waals surface area contributed by atoms with Crippen LogP contribution in [0.25, 0.3) is 0 Å². The molecule has 1 saturated heterocycles. The van der Waals surface area contributed by atoms with Crippen molar-refractivity contribution in [2.45, 2.75) is 25.1 Å². The van der Waals surface area contributed by atoms with Crippen molar-refractivity contribution in [3.63, 3.8) is 0 Å². The zero-order valence-corrected chi connectivity index (χ0v) is 12.8. The molecule has 2 atom stereocenters. The van der Waals surface area contributed by atoms with Gasteiger partial charge in [0.2, 0.25) is 11.9 Å². The van der Waals surface area contributed by atoms with Gasteiger partial charge in [0.15, 0.2) is 0 Å². The summed E-state index contributed by atoms with van der Waals surface area (Å²) in [5.74, 6) is -0.244. The normalized spacial score (nSPS) is 20.5. The number of tetrazole rings is 1. The van der Waals surface area contributed by atoms with Crippen molar-refractivity contribution in [1.82, 2.24) is 25.5 Å². The number of nitrogens with zero attached hydrogens (tertiary/aromatic N) is 4. The zero-order valence-electron chi connectivity index (χ0n) is 12.8. The Bertz CT molecular complexity index is 709. The number of nitrogens with two attached hydrogens (primary N) is 1. The van der Waals surface area contributed by atoms with Gasteiger partial charge >= 0.3 is 0 Å². The molecule has 0 spiro atoms. The Morgan fingerprint density at radius 1 is 1.54 bits per heavy atom. The van der Waals surface area contributed by atoms with Gasteiger partial charge in [-0.1, -0.05) is 11.2 Å². The van der Waals surface area contributed by atoms with E-state index in [9.17, 15) is 9.18 Å². The summed E-state index contributed by atoms with van der Waals surface area (Å²) in [6.07, 6.45) is 0.160. The van der Waals surface area contributed by atoms with E-state index in [2.05, 4.69) is 20.8 Å². The minimum absolute atomic E-state index is 0.0599. The van der Waals surface area contributed by atoms with Crippen molar-refractivity contribution in [2.24, 2.45) is 0 Å². The molecule has 0 radical (unpaired) electrons. The van der Waals surface area contributed by atoms with E-state index < -0.39 is 6.10 Å². The minimum atomic E-state index is -0.421. The maximum atomic E-state index is 13.3. The minimum Gasteiger partial charge on any atom is -0.486 e. The second-order valence-electron chi connectivity index (χ2n) is 5.35. The van der Waals surface area contributed by atoms with Crippen molar-refractivity contribution in [1.29, 1.82) is 0 Å². The Balaban J connectivity index is 1.61. The van der Waals surface area contributed by atoms with E-state index in [0.29, 0.717) is 25.4 Å². The Hall–Kier alpha value is -2.75. The van der Waals surface area contributed by atoms with E-state index in [1.165, 1.54) is 16.8 Å². The molecule has 3 rings (SSSR count). The summed E-state index contributed by atoms with van der Waals surface area (Å²) in [6.45, 7) is 0.707. The number of nitrogens with one attached hydrogen (secondary N) is 1. The largest absolute Gasteiger partial charge is 0.486 e. The topological polar surface area (TPSA) is 117 Å². The number of ether oxygens (including phenoxy) is 2. The first-order chi connectivity index (χ1) is 11.6. The molecule has 2 aromatic rings. The van der Waals surface area contributed by atoms with Crippen LogP contribution in [-0.4, -0.2) is 51.5 Å². The first-order valence-electron chi connectivity index (χ1n) is 7.43. The SMILES string of the molecule is Nc1nnnn1CC(=O)N[C@H]1CCOC[C@@H]1Oc1cccc(F)c1. The predicted molar refractivity (Wildman–Crippen MR) is 80.4 cm³/mol. The number of rotatable bonds is 5. The molecule has 1 aromatic heterocycles. The molecule has 0 aliphatic carbocycles. The summed E-state index contributed by atoms with van der Waals surface area (Å²) < 4.78 is 25.6. The van der Waals surface area contributed by atoms with Gasteiger partial charge in [-0.3, -0.25) is 4.79 Å². The zero-order chi connectivity index (χ0) is 16.9. The molecular weight excluding hydrogens is 319 g/mol. The van der Waals surface area contributed by atoms with Gasteiger partial charge in [-0.2, -0.15) is 0 Å². The summed E-state index contributed by atoms with van der Waals surface area (Å²) >= 11 is 0. The third-order valence-electron chi connectivity index (χ3n) is 3.59. The molecule has 9 nitrogen and oxygen atoms in total. The van der Waals surface area contributed by atoms with Gasteiger partial charge in [-0.25, -0.2) is 9.07 Å². The highest BCUT2D eigenvalue weighted by atomic mass is 19.1. The van der Waals surface area contributed by atoms with Crippen LogP contribution in [0.4, 0.5) is 10.3 Å². The summed E-state index contributed by atoms with van der Waals surface area (Å²) in [5, 5.41) is 13.4. The molecule has 1 aromatic carbocycles. The molecule has 1 amide bonds. The number of aromatic nitrogens is 4. The number of nitrogen functional groups attached to an aromatic ring is 1. The second kappa shape index (κ2) is 7.21. The lowest BCUT2D eigenvalue weighted by molar-refractivity contribution is -0.124. The fourth-order valence-corrected chi connectivity index (χ4v) is 2.42. The number of halogens is 1. The predicted octanol–water partition coefficient (Wildman–Crippen LogP) is -0.253. The molecule has 3 N–H and O–H groups in total. The van der Waals surface area contributed by atoms with E-state index in [4.69, 9.17) is 15.2 Å². The molecule has 1 fully saturated rings. The highest BCUT2D eigenvalue weighted by Crippen LogP contribution is 2.18. The van der Waals surface area contributed by atoms with Gasteiger partial charge in [0.25, 0.3) is 0 Å². The first kappa shape index (κ1) is 16.1. The van der Waals surface area contributed by atoms with Crippen LogP contribution in [0.1, 0.15) is 6.42 Å². The Morgan fingerprint density at radius 3 is 3.17 bits per heavy atom. The lowest BCUT2D eigenvalue weighted by Gasteiger charge is -2.32. The molecule has 1 aliphatic heterocycles. The van der Waals surface area contributed by atoms with Gasteiger partial charge < -0.3 is 20.5 Å². The van der Waals surface area contributed by atoms with Crippen LogP contribution in [0.15, 0.2) is 24.3 Å². The van der Waals surface area contributed by atoms with Gasteiger partial charge in [0.05, 0.1) is 12.6 Å². The maximum absolute atomic E-state index is 13.3. The van der Waals surface area contributed by atoms with Crippen molar-refractivity contribution in [3.05, 3.63) is 30.1 Å². The van der Waals surface area contributed by atoms with Crippen LogP contribution in [-0.2, 0) is 16.1 Å². The van der Waals surface area contributed by atoms with Crippen molar-refractivity contribution < 1.29 is 18.7 Å². The maximum Gasteiger partial charge on any atom is 0.242 e. The third kappa shape index (κ3) is 3.96. The molecule has 0 saturated carbocycles. The summed E-state index contributed by atoms with van der Waals surface area (Å²) in [6, 6.07) is 5.56. The number of carbonyl (C=O) groups excluding carboxylic acids is 1. The van der Waals surface area contributed by atoms with Crippen molar-refractivity contribution in [2.75, 3.05) is 18.9 Å². The number of anilines is 1. The molecule has 2 heterocycles. The van der Waals surface area contributed by atoms with Crippen LogP contribution in [0, 0.1) is 5.82 Å². The molecule has 1 aliphatic rings. The number of carbonyl (C=O) groups is 1. The number of hydrogen-bond donors (Lipinski definition) is 2. The van der Waals surface area contributed by atoms with Crippen molar-refractivity contribution >= 4 is 11.9 Å². The van der Waals surface area contributed by atoms with Crippen molar-refractivity contribution in [3.8, 4) is 5.75 Å². The fourth-order valence-electron chi connectivity index (χ4n) is 2.42. The van der Waals surface area contributed by atoms with Gasteiger partial charge in [-0.05, 0) is 29.0 Å². The van der Waals surface area contributed by atoms with E-state index >= 15 is 0 Å². The van der Waals surface area contributed by atoms with Crippen LogP contribution in [0.3, 0.4) is 0 Å². The molecular formula is C14H17FN6O3. The Labute approximate surface area is 136 Å². The van der Waals surface area contributed by atoms with Crippen LogP contribution < -0.4 is 15.8 Å². The smallest absolute Gasteiger partial charge is 0.242 e. The standard InChI is InChI=1S/C14H17FN6O3/c15-9-2-1-3-10(6-9)24-12-8-23-5-4-11(12)17-13(22)7-21-14(16)18-19-20-21/h1-3,6,11-12H,4-5,7-8H2,(H,17,22)(H2,16,18,20)/t11-,12-/m0/s1. The molecule has 128 valence electrons. The van der Waals surface area contributed by atoms with E-state index in [0.717, 1.165) is 0 Å². The van der Waals surface area contributed by atoms with E-state index in [1.54, 1.807) is 12.1 Å². The summed E-state index contributed by atoms with van der Waals surface area (Å²) in [4.78, 5) is 12.1. The quantitative estimate of drug-likeness (QED) is 0.773. The van der Waals surface area contributed by atoms with Crippen LogP contribution >= 0.6 is 0 Å². The first-order valence-corrected chi connectivity index (χ1v) is 7.43. The fraction of sp³-hybridized carbons (Fsp3) is 0.429. The number of benzene rings is 1. The average molecular weight is 336 g/mol.